The van der Waals surface area contributed by atoms with Gasteiger partial charge in [0.25, 0.3) is 0 Å². The Labute approximate surface area is 695 Å². The molecule has 0 saturated carbocycles. The molecular formula is C76H79F15O28S4. The summed E-state index contributed by atoms with van der Waals surface area (Å²) >= 11 is 0. The van der Waals surface area contributed by atoms with E-state index in [1.807, 2.05) is 0 Å². The second-order valence-corrected chi connectivity index (χ2v) is 33.1. The molecule has 0 amide bonds. The largest absolute Gasteiger partial charge is 0.748 e. The van der Waals surface area contributed by atoms with Crippen LogP contribution in [0.5, 0.6) is 23.0 Å². The molecule has 4 heterocycles. The molecule has 680 valence electrons. The number of carbonyl (C=O) groups is 4. The maximum absolute atomic E-state index is 13.3. The number of alkyl halides is 15. The van der Waals surface area contributed by atoms with Crippen LogP contribution >= 0.6 is 0 Å². The Morgan fingerprint density at radius 1 is 0.341 bits per heavy atom. The fourth-order valence-corrected chi connectivity index (χ4v) is 14.5. The summed E-state index contributed by atoms with van der Waals surface area (Å²) in [6, 6.07) is 34.9. The van der Waals surface area contributed by atoms with E-state index in [1.165, 1.54) is 54.6 Å². The van der Waals surface area contributed by atoms with Crippen LogP contribution in [0.3, 0.4) is 0 Å². The number of epoxide rings is 4. The van der Waals surface area contributed by atoms with E-state index in [4.69, 9.17) is 37.9 Å². The third-order valence-corrected chi connectivity index (χ3v) is 20.6. The minimum absolute atomic E-state index is 0. The molecule has 11 rings (SSSR count). The molecule has 47 heteroatoms. The SMILES string of the molecule is CC(CS(=O)(=O)[O-])(OC(=O)Cc1cc(OCC2CO2)c2ccccc2c1)C(F)(F)F.CC(CS(=O)(=O)[O-])(OC(=O)Cc1cccc(OCC2CO2)c1)C(F)(F)F.CC(CS(=O)(=O)[O-])(OC(=O)Cc1cccc2c(OCC3CO3)cccc12)C(F)(F)F.O=C(Cc1ccc(OCC2CO2)c2ccccc12)OC(CS(=O)(=O)[O-])(C(F)(F)F)C(F)(F)F.[CH3+].[CH3+].[CH3+].[CH3+]. The third kappa shape index (κ3) is 31.5. The minimum atomic E-state index is -6.43. The highest BCUT2D eigenvalue weighted by Crippen LogP contribution is 2.48. The topological polar surface area (TPSA) is 421 Å². The van der Waals surface area contributed by atoms with Crippen LogP contribution in [0.2, 0.25) is 0 Å². The van der Waals surface area contributed by atoms with E-state index in [2.05, 4.69) is 18.9 Å². The fraction of sp³-hybridized carbons (Fsp3) is 0.421. The Bertz CT molecular complexity index is 5280. The molecule has 0 radical (unpaired) electrons. The standard InChI is InChI=1S/C19H16F6O7S.2C19H19F3O7S.C15H17F3O7S.4CH3/c20-18(21,22)17(19(23,24)25,10-33(27,28)29)32-16(26)7-11-5-6-15(31-9-12-8-30-12)14-4-2-1-3-13(11)14;1-18(19(20,21)22,11-30(24,25)26)29-17(23)8-12-4-2-6-15-14(12)5-3-7-16(15)28-10-13-9-27-13;1-18(19(20,21)22,11-30(24,25)26)29-17(23)8-12-6-13-4-2-3-5-15(13)16(7-12)28-10-14-9-27-14;1-14(15(16,17)18,9-26(20,21)22)25-13(19)6-10-3-2-4-11(5-10)23-7-12-8-24-12;;;;/h1-6,12H,7-10H2,(H,27,28,29);2-7,13H,8-11H2,1H3,(H,24,25,26);2-7,14H,8-11H2,1H3,(H,24,25,26);2-5,12H,6-9H2,1H3,(H,20,21,22);4*1H3/q;;;;4*+1/p-4. The van der Waals surface area contributed by atoms with Gasteiger partial charge in [-0.05, 0) is 89.5 Å². The predicted octanol–water partition coefficient (Wildman–Crippen LogP) is 11.5. The molecule has 4 aliphatic rings. The van der Waals surface area contributed by atoms with Crippen LogP contribution in [0.15, 0.2) is 133 Å². The minimum Gasteiger partial charge on any atom is -0.748 e. The van der Waals surface area contributed by atoms with E-state index in [9.17, 15) is 137 Å². The number of hydrogen-bond donors (Lipinski definition) is 0. The predicted molar refractivity (Wildman–Crippen MR) is 401 cm³/mol. The molecule has 0 N–H and O–H groups in total. The lowest BCUT2D eigenvalue weighted by molar-refractivity contribution is -0.361. The van der Waals surface area contributed by atoms with E-state index >= 15 is 0 Å². The molecule has 28 nitrogen and oxygen atoms in total. The molecule has 4 fully saturated rings. The van der Waals surface area contributed by atoms with Crippen LogP contribution < -0.4 is 18.9 Å². The van der Waals surface area contributed by atoms with Gasteiger partial charge in [0.05, 0.1) is 116 Å². The van der Waals surface area contributed by atoms with Crippen molar-refractivity contribution in [1.82, 2.24) is 0 Å². The quantitative estimate of drug-likeness (QED) is 0.00943. The monoisotopic (exact) mass is 1850 g/mol. The lowest BCUT2D eigenvalue weighted by Crippen LogP contribution is -2.63. The smallest absolute Gasteiger partial charge is 0.438 e. The molecular weight excluding hydrogens is 1770 g/mol. The summed E-state index contributed by atoms with van der Waals surface area (Å²) in [7, 11) is -22.0. The van der Waals surface area contributed by atoms with Crippen LogP contribution in [0, 0.1) is 29.7 Å². The van der Waals surface area contributed by atoms with E-state index in [-0.39, 0.29) is 78.3 Å². The zero-order valence-electron chi connectivity index (χ0n) is 65.6. The van der Waals surface area contributed by atoms with Gasteiger partial charge in [-0.2, -0.15) is 65.9 Å². The summed E-state index contributed by atoms with van der Waals surface area (Å²) in [5, 5.41) is 3.34. The van der Waals surface area contributed by atoms with Gasteiger partial charge in [0, 0.05) is 45.9 Å². The van der Waals surface area contributed by atoms with Gasteiger partial charge in [0.15, 0.2) is 0 Å². The molecule has 0 bridgehead atoms. The Kier molecular flexibility index (Phi) is 35.2. The Hall–Kier alpha value is -9.69. The third-order valence-electron chi connectivity index (χ3n) is 17.2. The molecule has 0 aromatic heterocycles. The van der Waals surface area contributed by atoms with Crippen molar-refractivity contribution < 1.29 is 194 Å². The highest BCUT2D eigenvalue weighted by molar-refractivity contribution is 7.86. The van der Waals surface area contributed by atoms with Crippen molar-refractivity contribution in [2.75, 3.05) is 75.9 Å². The number of hydrogen-bond acceptors (Lipinski definition) is 28. The van der Waals surface area contributed by atoms with Crippen molar-refractivity contribution in [1.29, 1.82) is 0 Å². The first-order chi connectivity index (χ1) is 54.7. The lowest BCUT2D eigenvalue weighted by Gasteiger charge is -2.36. The van der Waals surface area contributed by atoms with Crippen LogP contribution in [0.1, 0.15) is 43.0 Å². The van der Waals surface area contributed by atoms with Gasteiger partial charge in [-0.3, -0.25) is 19.2 Å². The van der Waals surface area contributed by atoms with Crippen LogP contribution in [0.4, 0.5) is 65.9 Å². The molecule has 0 aliphatic carbocycles. The highest BCUT2D eigenvalue weighted by atomic mass is 32.2. The molecule has 4 saturated heterocycles. The summed E-state index contributed by atoms with van der Waals surface area (Å²) in [4.78, 5) is 48.5. The Morgan fingerprint density at radius 2 is 0.667 bits per heavy atom. The number of benzene rings is 7. The second kappa shape index (κ2) is 41.0. The Balaban J connectivity index is 0.000000342. The number of carbonyl (C=O) groups excluding carboxylic acids is 4. The highest BCUT2D eigenvalue weighted by Gasteiger charge is 2.75. The average Bonchev–Trinajstić information content (AvgIpc) is 1.74. The summed E-state index contributed by atoms with van der Waals surface area (Å²) in [6.07, 6.45) is -31.4. The zero-order chi connectivity index (χ0) is 88.6. The van der Waals surface area contributed by atoms with Gasteiger partial charge in [0.2, 0.25) is 16.8 Å². The van der Waals surface area contributed by atoms with Crippen LogP contribution in [0.25, 0.3) is 32.3 Å². The summed E-state index contributed by atoms with van der Waals surface area (Å²) in [5.41, 5.74) is -14.9. The number of esters is 4. The lowest BCUT2D eigenvalue weighted by atomic mass is 10.0. The first-order valence-electron chi connectivity index (χ1n) is 34.3. The summed E-state index contributed by atoms with van der Waals surface area (Å²) in [5.74, 6) is -13.1. The second-order valence-electron chi connectivity index (χ2n) is 27.5. The van der Waals surface area contributed by atoms with Gasteiger partial charge in [-0.25, -0.2) is 33.7 Å². The Morgan fingerprint density at radius 3 is 1.07 bits per heavy atom. The molecule has 7 atom stereocenters. The van der Waals surface area contributed by atoms with Crippen molar-refractivity contribution in [3.8, 4) is 23.0 Å². The van der Waals surface area contributed by atoms with Gasteiger partial charge in [-0.1, -0.05) is 103 Å². The van der Waals surface area contributed by atoms with Crippen LogP contribution in [-0.4, -0.2) is 229 Å². The molecule has 7 aromatic carbocycles. The zero-order valence-corrected chi connectivity index (χ0v) is 68.8. The van der Waals surface area contributed by atoms with E-state index < -0.39 is 166 Å². The summed E-state index contributed by atoms with van der Waals surface area (Å²) < 4.78 is 388. The van der Waals surface area contributed by atoms with E-state index in [1.54, 1.807) is 78.9 Å². The number of rotatable bonds is 32. The molecule has 7 aromatic rings. The average molecular weight is 1850 g/mol. The van der Waals surface area contributed by atoms with Gasteiger partial charge in [-0.15, -0.1) is 0 Å². The molecule has 0 spiro atoms. The molecule has 4 aliphatic heterocycles. The van der Waals surface area contributed by atoms with Crippen molar-refractivity contribution in [2.45, 2.75) is 124 Å². The van der Waals surface area contributed by atoms with Crippen molar-refractivity contribution in [3.63, 3.8) is 0 Å². The number of fused-ring (bicyclic) bond motifs is 3. The number of halogens is 15. The summed E-state index contributed by atoms with van der Waals surface area (Å²) in [6.45, 7) is 4.49. The van der Waals surface area contributed by atoms with Crippen molar-refractivity contribution >= 4 is 96.7 Å². The first-order valence-corrected chi connectivity index (χ1v) is 40.6. The van der Waals surface area contributed by atoms with E-state index in [0.717, 1.165) is 5.39 Å². The maximum Gasteiger partial charge on any atom is 0.438 e. The van der Waals surface area contributed by atoms with Crippen LogP contribution in [-0.2, 0) is 123 Å². The normalized spacial score (nSPS) is 17.8. The van der Waals surface area contributed by atoms with Crippen molar-refractivity contribution in [2.24, 2.45) is 0 Å². The van der Waals surface area contributed by atoms with E-state index in [0.29, 0.717) is 122 Å². The molecule has 7 unspecified atom stereocenters. The fourth-order valence-electron chi connectivity index (χ4n) is 10.9. The van der Waals surface area contributed by atoms with Crippen molar-refractivity contribution in [3.05, 3.63) is 185 Å². The first kappa shape index (κ1) is 106. The van der Waals surface area contributed by atoms with Gasteiger partial charge < -0.3 is 75.1 Å². The maximum atomic E-state index is 13.3. The van der Waals surface area contributed by atoms with Gasteiger partial charge >= 0.3 is 60.4 Å². The number of ether oxygens (including phenoxy) is 12. The molecule has 123 heavy (non-hydrogen) atoms. The van der Waals surface area contributed by atoms with Gasteiger partial charge in [0.1, 0.15) is 73.8 Å².